The topological polar surface area (TPSA) is 182 Å². The first-order valence-electron chi connectivity index (χ1n) is 20.4. The highest BCUT2D eigenvalue weighted by atomic mass is 16.5. The number of aromatic nitrogens is 3. The molecular formula is C44H55N7O7. The number of imidazole rings is 1. The van der Waals surface area contributed by atoms with Gasteiger partial charge in [0, 0.05) is 36.9 Å². The van der Waals surface area contributed by atoms with Gasteiger partial charge in [0.05, 0.1) is 38.3 Å². The number of rotatable bonds is 12. The van der Waals surface area contributed by atoms with E-state index in [2.05, 4.69) is 78.9 Å². The normalized spacial score (nSPS) is 19.2. The number of hydrogen-bond donors (Lipinski definition) is 5. The molecule has 0 spiro atoms. The number of aromatic amines is 2. The number of methoxy groups -OCH3 is 2. The predicted octanol–water partition coefficient (Wildman–Crippen LogP) is 5.91. The molecule has 14 heteroatoms. The van der Waals surface area contributed by atoms with Crippen molar-refractivity contribution in [1.82, 2.24) is 35.4 Å². The number of nitrogens with one attached hydrogen (secondary N) is 4. The second-order valence-electron chi connectivity index (χ2n) is 16.1. The van der Waals surface area contributed by atoms with Gasteiger partial charge >= 0.3 is 12.2 Å². The van der Waals surface area contributed by atoms with E-state index in [0.717, 1.165) is 78.6 Å². The number of benzene rings is 2. The molecule has 7 rings (SSSR count). The Kier molecular flexibility index (Phi) is 12.2. The number of carbonyl (C=O) groups is 4. The monoisotopic (exact) mass is 793 g/mol. The van der Waals surface area contributed by atoms with Crippen molar-refractivity contribution in [2.75, 3.05) is 27.3 Å². The van der Waals surface area contributed by atoms with Gasteiger partial charge in [0.2, 0.25) is 11.8 Å². The standard InChI is InChI=1S/C44H55N7O7/c1-25(2)37(48-43(55)57-4)41(53)50-21-7-9-31(50)23-34-32-10-6-11-33(32)39(46-34)30-19-15-28(16-20-30)27-13-17-29(18-14-27)35-24-45-40(47-35)36-12-8-22-51(36)42(54)38(26(3)52)49-44(56)58-5/h13-20,24-26,31,36-38,46,52H,6-12,21-23H2,1-5H3,(H,45,47)(H,48,55)(H,49,56)/t26-,31+,36+,37?,38+/m1/s1. The average Bonchev–Trinajstić information content (AvgIpc) is 4.08. The molecule has 4 aromatic rings. The van der Waals surface area contributed by atoms with Gasteiger partial charge in [-0.2, -0.15) is 0 Å². The van der Waals surface area contributed by atoms with Crippen LogP contribution in [0.15, 0.2) is 54.7 Å². The number of aliphatic hydroxyl groups is 1. The molecule has 2 aromatic heterocycles. The summed E-state index contributed by atoms with van der Waals surface area (Å²) in [6.07, 6.45) is 6.58. The van der Waals surface area contributed by atoms with Gasteiger partial charge < -0.3 is 45.0 Å². The molecule has 0 saturated carbocycles. The van der Waals surface area contributed by atoms with Gasteiger partial charge in [0.15, 0.2) is 0 Å². The first-order chi connectivity index (χ1) is 28.0. The van der Waals surface area contributed by atoms with Gasteiger partial charge in [-0.1, -0.05) is 62.4 Å². The van der Waals surface area contributed by atoms with Crippen molar-refractivity contribution in [1.29, 1.82) is 0 Å². The first kappa shape index (κ1) is 40.6. The number of hydrogen-bond acceptors (Lipinski definition) is 8. The van der Waals surface area contributed by atoms with Crippen LogP contribution in [0.4, 0.5) is 9.59 Å². The number of amides is 4. The minimum Gasteiger partial charge on any atom is -0.453 e. The molecule has 2 saturated heterocycles. The number of alkyl carbamates (subject to hydrolysis) is 2. The lowest BCUT2D eigenvalue weighted by molar-refractivity contribution is -0.137. The van der Waals surface area contributed by atoms with Crippen molar-refractivity contribution in [2.24, 2.45) is 5.92 Å². The number of H-pyrrole nitrogens is 2. The van der Waals surface area contributed by atoms with Crippen LogP contribution in [0.1, 0.15) is 81.6 Å². The summed E-state index contributed by atoms with van der Waals surface area (Å²) in [5.41, 5.74) is 10.2. The Morgan fingerprint density at radius 3 is 1.97 bits per heavy atom. The van der Waals surface area contributed by atoms with Gasteiger partial charge in [0.1, 0.15) is 17.9 Å². The molecule has 5 N–H and O–H groups in total. The average molecular weight is 794 g/mol. The third kappa shape index (κ3) is 8.33. The van der Waals surface area contributed by atoms with E-state index >= 15 is 0 Å². The molecule has 5 atom stereocenters. The molecule has 1 aliphatic carbocycles. The minimum atomic E-state index is -1.13. The van der Waals surface area contributed by atoms with E-state index in [0.29, 0.717) is 25.3 Å². The van der Waals surface area contributed by atoms with Crippen molar-refractivity contribution in [3.05, 3.63) is 77.4 Å². The van der Waals surface area contributed by atoms with E-state index in [9.17, 15) is 24.3 Å². The summed E-state index contributed by atoms with van der Waals surface area (Å²) in [5.74, 6) is 0.162. The Labute approximate surface area is 339 Å². The van der Waals surface area contributed by atoms with Crippen LogP contribution in [0.25, 0.3) is 33.6 Å². The van der Waals surface area contributed by atoms with Crippen molar-refractivity contribution >= 4 is 24.0 Å². The number of aliphatic hydroxyl groups excluding tert-OH is 1. The summed E-state index contributed by atoms with van der Waals surface area (Å²) in [6, 6.07) is 14.9. The molecule has 14 nitrogen and oxygen atoms in total. The maximum absolute atomic E-state index is 13.7. The minimum absolute atomic E-state index is 0.0480. The summed E-state index contributed by atoms with van der Waals surface area (Å²) in [5, 5.41) is 15.5. The quantitative estimate of drug-likeness (QED) is 0.117. The fourth-order valence-electron chi connectivity index (χ4n) is 8.92. The number of carbonyl (C=O) groups excluding carboxylic acids is 4. The molecule has 308 valence electrons. The first-order valence-corrected chi connectivity index (χ1v) is 20.4. The van der Waals surface area contributed by atoms with E-state index in [1.165, 1.54) is 38.0 Å². The molecule has 1 unspecified atom stereocenters. The lowest BCUT2D eigenvalue weighted by Crippen LogP contribution is -2.53. The molecule has 58 heavy (non-hydrogen) atoms. The molecule has 3 aliphatic rings. The van der Waals surface area contributed by atoms with E-state index in [4.69, 9.17) is 4.74 Å². The van der Waals surface area contributed by atoms with Crippen molar-refractivity contribution < 1.29 is 33.8 Å². The van der Waals surface area contributed by atoms with Crippen LogP contribution in [0.3, 0.4) is 0 Å². The lowest BCUT2D eigenvalue weighted by Gasteiger charge is -2.31. The van der Waals surface area contributed by atoms with Crippen LogP contribution in [0, 0.1) is 5.92 Å². The van der Waals surface area contributed by atoms with Gasteiger partial charge in [-0.05, 0) is 91.2 Å². The fourth-order valence-corrected chi connectivity index (χ4v) is 8.92. The molecule has 4 amide bonds. The maximum Gasteiger partial charge on any atom is 0.407 e. The summed E-state index contributed by atoms with van der Waals surface area (Å²) >= 11 is 0. The Bertz CT molecular complexity index is 2110. The number of likely N-dealkylation sites (tertiary alicyclic amines) is 2. The van der Waals surface area contributed by atoms with Crippen molar-refractivity contribution in [3.8, 4) is 33.6 Å². The second-order valence-corrected chi connectivity index (χ2v) is 16.1. The van der Waals surface area contributed by atoms with Crippen LogP contribution in [-0.4, -0.2) is 105 Å². The highest BCUT2D eigenvalue weighted by molar-refractivity contribution is 5.87. The zero-order valence-electron chi connectivity index (χ0n) is 34.0. The summed E-state index contributed by atoms with van der Waals surface area (Å²) < 4.78 is 9.46. The van der Waals surface area contributed by atoms with Crippen LogP contribution >= 0.6 is 0 Å². The Morgan fingerprint density at radius 1 is 0.759 bits per heavy atom. The Hall–Kier alpha value is -5.63. The smallest absolute Gasteiger partial charge is 0.407 e. The van der Waals surface area contributed by atoms with Gasteiger partial charge in [0.25, 0.3) is 0 Å². The summed E-state index contributed by atoms with van der Waals surface area (Å²) in [6.45, 7) is 6.52. The van der Waals surface area contributed by atoms with Gasteiger partial charge in [-0.25, -0.2) is 14.6 Å². The van der Waals surface area contributed by atoms with Gasteiger partial charge in [-0.15, -0.1) is 0 Å². The van der Waals surface area contributed by atoms with Gasteiger partial charge in [-0.3, -0.25) is 9.59 Å². The Morgan fingerprint density at radius 2 is 1.33 bits per heavy atom. The molecule has 2 fully saturated rings. The molecule has 4 heterocycles. The van der Waals surface area contributed by atoms with Crippen molar-refractivity contribution in [2.45, 2.75) is 102 Å². The summed E-state index contributed by atoms with van der Waals surface area (Å²) in [4.78, 5) is 66.5. The third-order valence-corrected chi connectivity index (χ3v) is 12.0. The fraction of sp³-hybridized carbons (Fsp3) is 0.477. The lowest BCUT2D eigenvalue weighted by atomic mass is 9.99. The zero-order valence-corrected chi connectivity index (χ0v) is 34.0. The van der Waals surface area contributed by atoms with Crippen molar-refractivity contribution in [3.63, 3.8) is 0 Å². The predicted molar refractivity (Wildman–Crippen MR) is 219 cm³/mol. The summed E-state index contributed by atoms with van der Waals surface area (Å²) in [7, 11) is 2.53. The van der Waals surface area contributed by atoms with Crippen LogP contribution in [0.2, 0.25) is 0 Å². The number of nitrogens with zero attached hydrogens (tertiary/aromatic N) is 3. The molecule has 0 bridgehead atoms. The third-order valence-electron chi connectivity index (χ3n) is 12.0. The van der Waals surface area contributed by atoms with E-state index in [1.54, 1.807) is 11.1 Å². The van der Waals surface area contributed by atoms with E-state index in [1.807, 2.05) is 18.7 Å². The highest BCUT2D eigenvalue weighted by Gasteiger charge is 2.39. The van der Waals surface area contributed by atoms with E-state index in [-0.39, 0.29) is 29.8 Å². The molecular weight excluding hydrogens is 739 g/mol. The van der Waals surface area contributed by atoms with Crippen LogP contribution < -0.4 is 10.6 Å². The van der Waals surface area contributed by atoms with Crippen LogP contribution in [-0.2, 0) is 38.3 Å². The molecule has 0 radical (unpaired) electrons. The number of fused-ring (bicyclic) bond motifs is 1. The molecule has 2 aliphatic heterocycles. The molecule has 2 aromatic carbocycles. The van der Waals surface area contributed by atoms with Crippen LogP contribution in [0.5, 0.6) is 0 Å². The highest BCUT2D eigenvalue weighted by Crippen LogP contribution is 2.38. The second kappa shape index (κ2) is 17.5. The zero-order chi connectivity index (χ0) is 41.1. The number of ether oxygens (including phenoxy) is 2. The largest absolute Gasteiger partial charge is 0.453 e. The maximum atomic E-state index is 13.7. The SMILES string of the molecule is COC(=O)NC(C(=O)N1CCC[C@H]1Cc1[nH]c(-c2ccc(-c3ccc(-c4cnc([C@@H]5CCCN5C(=O)[C@@H](NC(=O)OC)[C@@H](C)O)[nH]4)cc3)cc2)c2c1CCC2)C(C)C. The Balaban J connectivity index is 1.02. The van der Waals surface area contributed by atoms with E-state index < -0.39 is 30.4 Å².